The molecule has 1 aromatic carbocycles. The van der Waals surface area contributed by atoms with Crippen molar-refractivity contribution in [1.82, 2.24) is 15.1 Å². The van der Waals surface area contributed by atoms with E-state index < -0.39 is 0 Å². The minimum atomic E-state index is -0.0786. The molecule has 0 aliphatic carbocycles. The van der Waals surface area contributed by atoms with Crippen LogP contribution in [0.15, 0.2) is 24.3 Å². The van der Waals surface area contributed by atoms with Gasteiger partial charge in [-0.3, -0.25) is 0 Å². The third-order valence-corrected chi connectivity index (χ3v) is 5.23. The van der Waals surface area contributed by atoms with Gasteiger partial charge in [-0.1, -0.05) is 23.7 Å². The van der Waals surface area contributed by atoms with Crippen LogP contribution >= 0.6 is 11.6 Å². The third kappa shape index (κ3) is 4.62. The number of rotatable bonds is 3. The lowest BCUT2D eigenvalue weighted by molar-refractivity contribution is -0.0155. The Balaban J connectivity index is 1.48. The van der Waals surface area contributed by atoms with Gasteiger partial charge in [-0.05, 0) is 56.6 Å². The van der Waals surface area contributed by atoms with Crippen LogP contribution in [0.5, 0.6) is 0 Å². The van der Waals surface area contributed by atoms with Gasteiger partial charge in [0.15, 0.2) is 0 Å². The first-order valence-electron chi connectivity index (χ1n) is 8.70. The predicted octanol–water partition coefficient (Wildman–Crippen LogP) is 2.76. The zero-order valence-electron chi connectivity index (χ0n) is 14.2. The summed E-state index contributed by atoms with van der Waals surface area (Å²) >= 11 is 5.94. The second-order valence-corrected chi connectivity index (χ2v) is 7.23. The molecule has 2 aliphatic rings. The molecule has 0 aromatic heterocycles. The number of likely N-dealkylation sites (tertiary alicyclic amines) is 1. The van der Waals surface area contributed by atoms with E-state index in [0.717, 1.165) is 38.0 Å². The van der Waals surface area contributed by atoms with E-state index >= 15 is 0 Å². The number of benzene rings is 1. The van der Waals surface area contributed by atoms with Crippen LogP contribution in [0.2, 0.25) is 5.02 Å². The molecule has 5 nitrogen and oxygen atoms in total. The van der Waals surface area contributed by atoms with E-state index in [1.165, 1.54) is 0 Å². The summed E-state index contributed by atoms with van der Waals surface area (Å²) in [7, 11) is 2.15. The Hall–Kier alpha value is -1.30. The highest BCUT2D eigenvalue weighted by molar-refractivity contribution is 6.30. The Labute approximate surface area is 148 Å². The quantitative estimate of drug-likeness (QED) is 0.910. The summed E-state index contributed by atoms with van der Waals surface area (Å²) in [5.74, 6) is 0.596. The third-order valence-electron chi connectivity index (χ3n) is 4.98. The number of hydrogen-bond donors (Lipinski definition) is 1. The first-order valence-corrected chi connectivity index (χ1v) is 9.08. The van der Waals surface area contributed by atoms with Crippen LogP contribution in [0.3, 0.4) is 0 Å². The molecular formula is C18H26ClN3O2. The fourth-order valence-electron chi connectivity index (χ4n) is 3.32. The van der Waals surface area contributed by atoms with Crippen molar-refractivity contribution in [2.45, 2.75) is 18.9 Å². The van der Waals surface area contributed by atoms with E-state index in [0.29, 0.717) is 30.6 Å². The molecule has 2 heterocycles. The Morgan fingerprint density at radius 1 is 1.25 bits per heavy atom. The first-order chi connectivity index (χ1) is 11.6. The average Bonchev–Trinajstić information content (AvgIpc) is 2.62. The molecule has 1 atom stereocenters. The molecule has 2 aliphatic heterocycles. The van der Waals surface area contributed by atoms with E-state index in [4.69, 9.17) is 16.3 Å². The van der Waals surface area contributed by atoms with Crippen molar-refractivity contribution in [2.24, 2.45) is 5.92 Å². The SMILES string of the molecule is CN1CCC(CNC(=O)N2CCO[C@@H](c3ccc(Cl)cc3)C2)CC1. The molecule has 0 bridgehead atoms. The number of carbonyl (C=O) groups is 1. The van der Waals surface area contributed by atoms with Gasteiger partial charge >= 0.3 is 6.03 Å². The van der Waals surface area contributed by atoms with Crippen LogP contribution in [0.4, 0.5) is 4.79 Å². The minimum Gasteiger partial charge on any atom is -0.370 e. The molecule has 0 unspecified atom stereocenters. The number of urea groups is 1. The molecule has 6 heteroatoms. The van der Waals surface area contributed by atoms with Crippen LogP contribution < -0.4 is 5.32 Å². The molecule has 2 amide bonds. The molecule has 24 heavy (non-hydrogen) atoms. The smallest absolute Gasteiger partial charge is 0.317 e. The standard InChI is InChI=1S/C18H26ClN3O2/c1-21-8-6-14(7-9-21)12-20-18(23)22-10-11-24-17(13-22)15-2-4-16(19)5-3-15/h2-5,14,17H,6-13H2,1H3,(H,20,23)/t17-/m1/s1. The average molecular weight is 352 g/mol. The highest BCUT2D eigenvalue weighted by Crippen LogP contribution is 2.24. The van der Waals surface area contributed by atoms with Crippen molar-refractivity contribution in [1.29, 1.82) is 0 Å². The molecule has 2 saturated heterocycles. The summed E-state index contributed by atoms with van der Waals surface area (Å²) in [5.41, 5.74) is 1.06. The van der Waals surface area contributed by atoms with Gasteiger partial charge in [-0.2, -0.15) is 0 Å². The number of hydrogen-bond acceptors (Lipinski definition) is 3. The molecular weight excluding hydrogens is 326 g/mol. The second kappa shape index (κ2) is 8.19. The van der Waals surface area contributed by atoms with Crippen LogP contribution in [-0.4, -0.2) is 62.2 Å². The number of nitrogens with zero attached hydrogens (tertiary/aromatic N) is 2. The number of nitrogens with one attached hydrogen (secondary N) is 1. The van der Waals surface area contributed by atoms with Crippen molar-refractivity contribution >= 4 is 17.6 Å². The summed E-state index contributed by atoms with van der Waals surface area (Å²) in [5, 5.41) is 3.82. The number of piperidine rings is 1. The Bertz CT molecular complexity index is 544. The molecule has 0 spiro atoms. The number of ether oxygens (including phenoxy) is 1. The fourth-order valence-corrected chi connectivity index (χ4v) is 3.45. The van der Waals surface area contributed by atoms with Crippen molar-refractivity contribution in [2.75, 3.05) is 46.4 Å². The van der Waals surface area contributed by atoms with Gasteiger partial charge in [-0.15, -0.1) is 0 Å². The molecule has 3 rings (SSSR count). The maximum absolute atomic E-state index is 12.5. The largest absolute Gasteiger partial charge is 0.370 e. The van der Waals surface area contributed by atoms with Gasteiger partial charge in [0.05, 0.1) is 13.2 Å². The lowest BCUT2D eigenvalue weighted by Crippen LogP contribution is -2.48. The van der Waals surface area contributed by atoms with Gasteiger partial charge in [0.1, 0.15) is 6.10 Å². The fraction of sp³-hybridized carbons (Fsp3) is 0.611. The van der Waals surface area contributed by atoms with Crippen LogP contribution in [0.25, 0.3) is 0 Å². The lowest BCUT2D eigenvalue weighted by Gasteiger charge is -2.34. The zero-order valence-corrected chi connectivity index (χ0v) is 15.0. The molecule has 1 N–H and O–H groups in total. The maximum Gasteiger partial charge on any atom is 0.317 e. The van der Waals surface area contributed by atoms with Gasteiger partial charge < -0.3 is 19.9 Å². The summed E-state index contributed by atoms with van der Waals surface area (Å²) in [6.45, 7) is 4.81. The van der Waals surface area contributed by atoms with Gasteiger partial charge in [0.25, 0.3) is 0 Å². The van der Waals surface area contributed by atoms with E-state index in [2.05, 4.69) is 17.3 Å². The molecule has 1 aromatic rings. The molecule has 0 radical (unpaired) electrons. The number of amides is 2. The summed E-state index contributed by atoms with van der Waals surface area (Å²) in [6, 6.07) is 7.68. The Morgan fingerprint density at radius 2 is 1.96 bits per heavy atom. The zero-order chi connectivity index (χ0) is 16.9. The lowest BCUT2D eigenvalue weighted by atomic mass is 9.97. The molecule has 0 saturated carbocycles. The number of morpholine rings is 1. The maximum atomic E-state index is 12.5. The predicted molar refractivity (Wildman–Crippen MR) is 95.3 cm³/mol. The van der Waals surface area contributed by atoms with E-state index in [-0.39, 0.29) is 12.1 Å². The Morgan fingerprint density at radius 3 is 2.67 bits per heavy atom. The molecule has 132 valence electrons. The Kier molecular flexibility index (Phi) is 5.98. The topological polar surface area (TPSA) is 44.8 Å². The van der Waals surface area contributed by atoms with Gasteiger partial charge in [0, 0.05) is 18.1 Å². The number of halogens is 1. The number of carbonyl (C=O) groups excluding carboxylic acids is 1. The normalized spacial score (nSPS) is 23.2. The first kappa shape index (κ1) is 17.5. The summed E-state index contributed by atoms with van der Waals surface area (Å²) in [6.07, 6.45) is 2.24. The minimum absolute atomic E-state index is 0.0243. The van der Waals surface area contributed by atoms with Crippen LogP contribution in [0, 0.1) is 5.92 Å². The monoisotopic (exact) mass is 351 g/mol. The second-order valence-electron chi connectivity index (χ2n) is 6.79. The highest BCUT2D eigenvalue weighted by Gasteiger charge is 2.26. The van der Waals surface area contributed by atoms with Crippen molar-refractivity contribution < 1.29 is 9.53 Å². The molecule has 2 fully saturated rings. The van der Waals surface area contributed by atoms with E-state index in [9.17, 15) is 4.79 Å². The van der Waals surface area contributed by atoms with Crippen molar-refractivity contribution in [3.8, 4) is 0 Å². The summed E-state index contributed by atoms with van der Waals surface area (Å²) in [4.78, 5) is 16.7. The van der Waals surface area contributed by atoms with Gasteiger partial charge in [-0.25, -0.2) is 4.79 Å². The van der Waals surface area contributed by atoms with Crippen molar-refractivity contribution in [3.63, 3.8) is 0 Å². The van der Waals surface area contributed by atoms with Crippen LogP contribution in [0.1, 0.15) is 24.5 Å². The van der Waals surface area contributed by atoms with E-state index in [1.807, 2.05) is 29.2 Å². The van der Waals surface area contributed by atoms with Crippen LogP contribution in [-0.2, 0) is 4.74 Å². The highest BCUT2D eigenvalue weighted by atomic mass is 35.5. The summed E-state index contributed by atoms with van der Waals surface area (Å²) < 4.78 is 5.82. The van der Waals surface area contributed by atoms with Crippen molar-refractivity contribution in [3.05, 3.63) is 34.9 Å². The van der Waals surface area contributed by atoms with E-state index in [1.54, 1.807) is 0 Å². The van der Waals surface area contributed by atoms with Gasteiger partial charge in [0.2, 0.25) is 0 Å².